The third kappa shape index (κ3) is 3.23. The molecule has 0 fully saturated rings. The van der Waals surface area contributed by atoms with Gasteiger partial charge in [-0.15, -0.1) is 11.3 Å². The number of nitrogens with one attached hydrogen (secondary N) is 1. The molecular weight excluding hydrogens is 348 g/mol. The zero-order valence-corrected chi connectivity index (χ0v) is 15.1. The first-order valence-electron chi connectivity index (χ1n) is 8.31. The van der Waals surface area contributed by atoms with Gasteiger partial charge >= 0.3 is 0 Å². The molecule has 1 atom stereocenters. The van der Waals surface area contributed by atoms with Crippen LogP contribution in [0.1, 0.15) is 13.0 Å². The van der Waals surface area contributed by atoms with Crippen molar-refractivity contribution in [3.63, 3.8) is 0 Å². The molecule has 0 saturated heterocycles. The van der Waals surface area contributed by atoms with Gasteiger partial charge in [0, 0.05) is 18.1 Å². The molecule has 7 nitrogen and oxygen atoms in total. The summed E-state index contributed by atoms with van der Waals surface area (Å²) in [6.07, 6.45) is 4.89. The summed E-state index contributed by atoms with van der Waals surface area (Å²) in [7, 11) is 0. The van der Waals surface area contributed by atoms with Crippen molar-refractivity contribution < 1.29 is 4.79 Å². The Labute approximate surface area is 154 Å². The van der Waals surface area contributed by atoms with Crippen LogP contribution < -0.4 is 5.32 Å². The van der Waals surface area contributed by atoms with Crippen LogP contribution in [0, 0.1) is 0 Å². The minimum atomic E-state index is -0.0575. The Morgan fingerprint density at radius 1 is 1.35 bits per heavy atom. The van der Waals surface area contributed by atoms with Crippen molar-refractivity contribution in [2.45, 2.75) is 19.5 Å². The zero-order valence-electron chi connectivity index (χ0n) is 14.2. The lowest BCUT2D eigenvalue weighted by molar-refractivity contribution is -0.121. The molecule has 0 radical (unpaired) electrons. The second-order valence-corrected chi connectivity index (χ2v) is 6.99. The molecular formula is C18H18N6OS. The maximum absolute atomic E-state index is 12.5. The van der Waals surface area contributed by atoms with Crippen LogP contribution in [0.5, 0.6) is 0 Å². The van der Waals surface area contributed by atoms with Gasteiger partial charge in [0.05, 0.1) is 16.6 Å². The van der Waals surface area contributed by atoms with E-state index in [0.29, 0.717) is 6.54 Å². The SMILES string of the molecule is CC(CNC(=O)Cn1c(-c2cccs2)cc2cccnc21)n1cncn1. The summed E-state index contributed by atoms with van der Waals surface area (Å²) in [5.74, 6) is -0.0575. The van der Waals surface area contributed by atoms with Crippen LogP contribution >= 0.6 is 11.3 Å². The van der Waals surface area contributed by atoms with Gasteiger partial charge in [-0.3, -0.25) is 4.79 Å². The maximum Gasteiger partial charge on any atom is 0.240 e. The number of rotatable bonds is 6. The number of carbonyl (C=O) groups excluding carboxylic acids is 1. The zero-order chi connectivity index (χ0) is 17.9. The number of fused-ring (bicyclic) bond motifs is 1. The molecule has 4 aromatic rings. The fraction of sp³-hybridized carbons (Fsp3) is 0.222. The Bertz CT molecular complexity index is 1010. The monoisotopic (exact) mass is 366 g/mol. The Morgan fingerprint density at radius 3 is 3.04 bits per heavy atom. The number of hydrogen-bond acceptors (Lipinski definition) is 5. The number of aromatic nitrogens is 5. The predicted octanol–water partition coefficient (Wildman–Crippen LogP) is 2.73. The van der Waals surface area contributed by atoms with Gasteiger partial charge in [0.2, 0.25) is 5.91 Å². The molecule has 8 heteroatoms. The highest BCUT2D eigenvalue weighted by Crippen LogP contribution is 2.30. The summed E-state index contributed by atoms with van der Waals surface area (Å²) in [4.78, 5) is 22.1. The van der Waals surface area contributed by atoms with Crippen LogP contribution in [0.4, 0.5) is 0 Å². The molecule has 4 heterocycles. The van der Waals surface area contributed by atoms with Gasteiger partial charge in [-0.05, 0) is 36.6 Å². The number of nitrogens with zero attached hydrogens (tertiary/aromatic N) is 5. The Balaban J connectivity index is 1.54. The summed E-state index contributed by atoms with van der Waals surface area (Å²) >= 11 is 1.65. The minimum Gasteiger partial charge on any atom is -0.352 e. The van der Waals surface area contributed by atoms with Crippen molar-refractivity contribution >= 4 is 28.3 Å². The van der Waals surface area contributed by atoms with Crippen molar-refractivity contribution in [2.75, 3.05) is 6.54 Å². The molecule has 0 bridgehead atoms. The highest BCUT2D eigenvalue weighted by Gasteiger charge is 2.15. The molecule has 0 aromatic carbocycles. The topological polar surface area (TPSA) is 77.6 Å². The normalized spacial score (nSPS) is 12.3. The van der Waals surface area contributed by atoms with Crippen molar-refractivity contribution in [1.29, 1.82) is 0 Å². The number of carbonyl (C=O) groups is 1. The van der Waals surface area contributed by atoms with Crippen molar-refractivity contribution in [2.24, 2.45) is 0 Å². The van der Waals surface area contributed by atoms with Crippen LogP contribution in [0.25, 0.3) is 21.6 Å². The molecule has 0 saturated carbocycles. The Kier molecular flexibility index (Phi) is 4.49. The highest BCUT2D eigenvalue weighted by molar-refractivity contribution is 7.13. The van der Waals surface area contributed by atoms with E-state index in [9.17, 15) is 4.79 Å². The predicted molar refractivity (Wildman–Crippen MR) is 101 cm³/mol. The van der Waals surface area contributed by atoms with Crippen LogP contribution in [0.2, 0.25) is 0 Å². The third-order valence-electron chi connectivity index (χ3n) is 4.21. The number of amides is 1. The number of pyridine rings is 1. The summed E-state index contributed by atoms with van der Waals surface area (Å²) < 4.78 is 3.70. The molecule has 132 valence electrons. The molecule has 0 aliphatic carbocycles. The van der Waals surface area contributed by atoms with E-state index < -0.39 is 0 Å². The molecule has 1 unspecified atom stereocenters. The maximum atomic E-state index is 12.5. The first-order chi connectivity index (χ1) is 12.7. The van der Waals surface area contributed by atoms with Gasteiger partial charge in [-0.1, -0.05) is 6.07 Å². The number of hydrogen-bond donors (Lipinski definition) is 1. The van der Waals surface area contributed by atoms with Gasteiger partial charge in [0.15, 0.2) is 0 Å². The standard InChI is InChI=1S/C18H18N6OS/c1-13(24-12-19-11-22-24)9-21-17(25)10-23-15(16-5-3-7-26-16)8-14-4-2-6-20-18(14)23/h2-8,11-13H,9-10H2,1H3,(H,21,25). The van der Waals surface area contributed by atoms with Crippen LogP contribution in [0.3, 0.4) is 0 Å². The number of thiophene rings is 1. The van der Waals surface area contributed by atoms with Crippen LogP contribution in [0.15, 0.2) is 54.6 Å². The summed E-state index contributed by atoms with van der Waals surface area (Å²) in [5, 5.41) is 10.1. The largest absolute Gasteiger partial charge is 0.352 e. The molecule has 26 heavy (non-hydrogen) atoms. The fourth-order valence-electron chi connectivity index (χ4n) is 2.87. The van der Waals surface area contributed by atoms with E-state index in [4.69, 9.17) is 0 Å². The summed E-state index contributed by atoms with van der Waals surface area (Å²) in [5.41, 5.74) is 1.82. The second kappa shape index (κ2) is 7.09. The smallest absolute Gasteiger partial charge is 0.240 e. The van der Waals surface area contributed by atoms with E-state index in [-0.39, 0.29) is 18.5 Å². The van der Waals surface area contributed by atoms with Crippen molar-refractivity contribution in [3.8, 4) is 10.6 Å². The quantitative estimate of drug-likeness (QED) is 0.569. The first kappa shape index (κ1) is 16.5. The third-order valence-corrected chi connectivity index (χ3v) is 5.11. The molecule has 0 aliphatic heterocycles. The van der Waals surface area contributed by atoms with Crippen molar-refractivity contribution in [3.05, 3.63) is 54.6 Å². The lowest BCUT2D eigenvalue weighted by atomic mass is 10.3. The van der Waals surface area contributed by atoms with E-state index in [1.165, 1.54) is 6.33 Å². The van der Waals surface area contributed by atoms with E-state index in [1.54, 1.807) is 28.5 Å². The van der Waals surface area contributed by atoms with Gasteiger partial charge < -0.3 is 9.88 Å². The molecule has 0 aliphatic rings. The average molecular weight is 366 g/mol. The Hall–Kier alpha value is -3.00. The molecule has 4 aromatic heterocycles. The van der Waals surface area contributed by atoms with Gasteiger partial charge in [0.25, 0.3) is 0 Å². The second-order valence-electron chi connectivity index (χ2n) is 6.04. The Morgan fingerprint density at radius 2 is 2.27 bits per heavy atom. The van der Waals surface area contributed by atoms with E-state index >= 15 is 0 Å². The van der Waals surface area contributed by atoms with Crippen molar-refractivity contribution in [1.82, 2.24) is 29.6 Å². The first-order valence-corrected chi connectivity index (χ1v) is 9.19. The highest BCUT2D eigenvalue weighted by atomic mass is 32.1. The van der Waals surface area contributed by atoms with E-state index in [2.05, 4.69) is 32.5 Å². The average Bonchev–Trinajstić information content (AvgIpc) is 3.40. The van der Waals surface area contributed by atoms with E-state index in [0.717, 1.165) is 21.6 Å². The van der Waals surface area contributed by atoms with Crippen LogP contribution in [-0.4, -0.2) is 36.8 Å². The van der Waals surface area contributed by atoms with Gasteiger partial charge in [-0.2, -0.15) is 5.10 Å². The van der Waals surface area contributed by atoms with Crippen LogP contribution in [-0.2, 0) is 11.3 Å². The lowest BCUT2D eigenvalue weighted by Crippen LogP contribution is -2.32. The van der Waals surface area contributed by atoms with Gasteiger partial charge in [0.1, 0.15) is 24.8 Å². The summed E-state index contributed by atoms with van der Waals surface area (Å²) in [6, 6.07) is 10.1. The lowest BCUT2D eigenvalue weighted by Gasteiger charge is -2.14. The van der Waals surface area contributed by atoms with E-state index in [1.807, 2.05) is 35.1 Å². The molecule has 0 spiro atoms. The fourth-order valence-corrected chi connectivity index (χ4v) is 3.63. The molecule has 1 amide bonds. The molecule has 4 rings (SSSR count). The minimum absolute atomic E-state index is 0.0396. The van der Waals surface area contributed by atoms with Gasteiger partial charge in [-0.25, -0.2) is 14.6 Å². The summed E-state index contributed by atoms with van der Waals surface area (Å²) in [6.45, 7) is 2.69. The molecule has 1 N–H and O–H groups in total.